The van der Waals surface area contributed by atoms with E-state index in [4.69, 9.17) is 0 Å². The minimum Gasteiger partial charge on any atom is -0.316 e. The summed E-state index contributed by atoms with van der Waals surface area (Å²) in [5.74, 6) is 0.867. The highest BCUT2D eigenvalue weighted by Gasteiger charge is 2.29. The van der Waals surface area contributed by atoms with E-state index in [1.807, 2.05) is 0 Å². The molecule has 1 N–H and O–H groups in total. The fourth-order valence-corrected chi connectivity index (χ4v) is 4.33. The summed E-state index contributed by atoms with van der Waals surface area (Å²) in [4.78, 5) is 1.49. The predicted molar refractivity (Wildman–Crippen MR) is 81.3 cm³/mol. The summed E-state index contributed by atoms with van der Waals surface area (Å²) in [6, 6.07) is 9.52. The summed E-state index contributed by atoms with van der Waals surface area (Å²) in [7, 11) is 2.12. The lowest BCUT2D eigenvalue weighted by Crippen LogP contribution is -2.37. The zero-order valence-corrected chi connectivity index (χ0v) is 12.6. The zero-order valence-electron chi connectivity index (χ0n) is 11.8. The monoisotopic (exact) mass is 263 g/mol. The molecule has 1 aliphatic rings. The first kappa shape index (κ1) is 14.0. The van der Waals surface area contributed by atoms with Gasteiger partial charge >= 0.3 is 0 Å². The first-order valence-electron chi connectivity index (χ1n) is 7.20. The van der Waals surface area contributed by atoms with Gasteiger partial charge in [-0.15, -0.1) is 11.8 Å². The number of nitrogens with one attached hydrogen (secondary N) is 1. The van der Waals surface area contributed by atoms with Crippen molar-refractivity contribution in [1.29, 1.82) is 0 Å². The maximum absolute atomic E-state index is 3.56. The van der Waals surface area contributed by atoms with E-state index in [1.165, 1.54) is 36.1 Å². The molecule has 1 nitrogen and oxygen atoms in total. The van der Waals surface area contributed by atoms with Gasteiger partial charge in [-0.25, -0.2) is 0 Å². The summed E-state index contributed by atoms with van der Waals surface area (Å²) in [6.45, 7) is 4.63. The molecule has 0 bridgehead atoms. The molecular formula is C16H25NS. The van der Waals surface area contributed by atoms with Gasteiger partial charge in [0.25, 0.3) is 0 Å². The molecule has 2 unspecified atom stereocenters. The van der Waals surface area contributed by atoms with Gasteiger partial charge in [0.15, 0.2) is 0 Å². The lowest BCUT2D eigenvalue weighted by Gasteiger charge is -2.26. The molecule has 0 fully saturated rings. The molecule has 1 aromatic rings. The fraction of sp³-hybridized carbons (Fsp3) is 0.625. The highest BCUT2D eigenvalue weighted by Crippen LogP contribution is 2.39. The number of rotatable bonds is 6. The third-order valence-electron chi connectivity index (χ3n) is 4.23. The Labute approximate surface area is 116 Å². The molecular weight excluding hydrogens is 238 g/mol. The summed E-state index contributed by atoms with van der Waals surface area (Å²) in [6.07, 6.45) is 5.15. The van der Waals surface area contributed by atoms with E-state index in [2.05, 4.69) is 62.2 Å². The van der Waals surface area contributed by atoms with E-state index in [0.29, 0.717) is 11.3 Å². The average molecular weight is 263 g/mol. The van der Waals surface area contributed by atoms with Crippen LogP contribution in [0.15, 0.2) is 29.2 Å². The van der Waals surface area contributed by atoms with Gasteiger partial charge in [-0.2, -0.15) is 0 Å². The van der Waals surface area contributed by atoms with Crippen molar-refractivity contribution in [3.05, 3.63) is 29.8 Å². The maximum Gasteiger partial charge on any atom is 0.0289 e. The molecule has 0 radical (unpaired) electrons. The van der Waals surface area contributed by atoms with E-state index in [-0.39, 0.29) is 0 Å². The quantitative estimate of drug-likeness (QED) is 0.828. The number of hydrogen-bond acceptors (Lipinski definition) is 2. The molecule has 1 heterocycles. The average Bonchev–Trinajstić information content (AvgIpc) is 2.84. The molecule has 1 aromatic carbocycles. The van der Waals surface area contributed by atoms with Crippen molar-refractivity contribution in [3.63, 3.8) is 0 Å². The minimum absolute atomic E-state index is 0.646. The first-order valence-corrected chi connectivity index (χ1v) is 8.08. The second-order valence-corrected chi connectivity index (χ2v) is 6.56. The molecule has 0 aliphatic carbocycles. The van der Waals surface area contributed by atoms with Crippen LogP contribution in [0.1, 0.15) is 38.7 Å². The van der Waals surface area contributed by atoms with Crippen LogP contribution >= 0.6 is 11.8 Å². The van der Waals surface area contributed by atoms with Gasteiger partial charge in [-0.3, -0.25) is 0 Å². The third kappa shape index (κ3) is 3.10. The van der Waals surface area contributed by atoms with E-state index >= 15 is 0 Å². The van der Waals surface area contributed by atoms with Crippen LogP contribution in [0.5, 0.6) is 0 Å². The number of fused-ring (bicyclic) bond motifs is 1. The van der Waals surface area contributed by atoms with Crippen molar-refractivity contribution in [2.24, 2.45) is 5.92 Å². The van der Waals surface area contributed by atoms with E-state index in [9.17, 15) is 0 Å². The Kier molecular flexibility index (Phi) is 5.13. The lowest BCUT2D eigenvalue weighted by molar-refractivity contribution is 0.372. The smallest absolute Gasteiger partial charge is 0.0289 e. The Morgan fingerprint density at radius 1 is 1.28 bits per heavy atom. The highest BCUT2D eigenvalue weighted by atomic mass is 32.2. The highest BCUT2D eigenvalue weighted by molar-refractivity contribution is 8.00. The zero-order chi connectivity index (χ0) is 13.0. The Morgan fingerprint density at radius 3 is 2.61 bits per heavy atom. The van der Waals surface area contributed by atoms with Crippen molar-refractivity contribution < 1.29 is 0 Å². The van der Waals surface area contributed by atoms with Crippen LogP contribution in [0, 0.1) is 5.92 Å². The van der Waals surface area contributed by atoms with Gasteiger partial charge < -0.3 is 5.32 Å². The van der Waals surface area contributed by atoms with Crippen molar-refractivity contribution in [2.45, 2.75) is 55.7 Å². The lowest BCUT2D eigenvalue weighted by atomic mass is 9.91. The van der Waals surface area contributed by atoms with Crippen molar-refractivity contribution in [1.82, 2.24) is 5.32 Å². The van der Waals surface area contributed by atoms with Crippen LogP contribution in [-0.2, 0) is 6.42 Å². The van der Waals surface area contributed by atoms with Crippen LogP contribution in [0.4, 0.5) is 0 Å². The van der Waals surface area contributed by atoms with Gasteiger partial charge in [0, 0.05) is 16.2 Å². The third-order valence-corrected chi connectivity index (χ3v) is 5.68. The van der Waals surface area contributed by atoms with Crippen LogP contribution in [0.3, 0.4) is 0 Å². The molecule has 0 saturated carbocycles. The number of thioether (sulfide) groups is 1. The predicted octanol–water partition coefficient (Wildman–Crippen LogP) is 4.12. The van der Waals surface area contributed by atoms with Gasteiger partial charge in [-0.1, -0.05) is 44.9 Å². The van der Waals surface area contributed by atoms with Crippen molar-refractivity contribution >= 4 is 11.8 Å². The summed E-state index contributed by atoms with van der Waals surface area (Å²) in [5.41, 5.74) is 1.54. The topological polar surface area (TPSA) is 12.0 Å². The summed E-state index contributed by atoms with van der Waals surface area (Å²) in [5, 5.41) is 4.27. The van der Waals surface area contributed by atoms with Crippen LogP contribution in [-0.4, -0.2) is 18.3 Å². The summed E-state index contributed by atoms with van der Waals surface area (Å²) < 4.78 is 0. The van der Waals surface area contributed by atoms with Gasteiger partial charge in [-0.05, 0) is 37.4 Å². The number of benzene rings is 1. The van der Waals surface area contributed by atoms with Gasteiger partial charge in [0.2, 0.25) is 0 Å². The van der Waals surface area contributed by atoms with Crippen molar-refractivity contribution in [2.75, 3.05) is 7.05 Å². The first-order chi connectivity index (χ1) is 8.78. The molecule has 0 aromatic heterocycles. The van der Waals surface area contributed by atoms with Crippen LogP contribution in [0.2, 0.25) is 0 Å². The van der Waals surface area contributed by atoms with Crippen LogP contribution < -0.4 is 5.32 Å². The maximum atomic E-state index is 3.56. The molecule has 18 heavy (non-hydrogen) atoms. The van der Waals surface area contributed by atoms with E-state index < -0.39 is 0 Å². The molecule has 100 valence electrons. The van der Waals surface area contributed by atoms with Crippen LogP contribution in [0.25, 0.3) is 0 Å². The largest absolute Gasteiger partial charge is 0.316 e. The molecule has 2 rings (SSSR count). The Hall–Kier alpha value is -0.470. The second kappa shape index (κ2) is 6.63. The Morgan fingerprint density at radius 2 is 2.00 bits per heavy atom. The van der Waals surface area contributed by atoms with Crippen molar-refractivity contribution in [3.8, 4) is 0 Å². The minimum atomic E-state index is 0.646. The number of hydrogen-bond donors (Lipinski definition) is 1. The van der Waals surface area contributed by atoms with E-state index in [1.54, 1.807) is 0 Å². The SMILES string of the molecule is CCC(CC)CC(NC)C1Cc2ccccc2S1. The molecule has 2 atom stereocenters. The standard InChI is InChI=1S/C16H25NS/c1-4-12(5-2)10-14(17-3)16-11-13-8-6-7-9-15(13)18-16/h6-9,12,14,16-17H,4-5,10-11H2,1-3H3. The molecule has 2 heteroatoms. The second-order valence-electron chi connectivity index (χ2n) is 5.28. The molecule has 0 amide bonds. The van der Waals surface area contributed by atoms with Gasteiger partial charge in [0.05, 0.1) is 0 Å². The summed E-state index contributed by atoms with van der Waals surface area (Å²) >= 11 is 2.07. The molecule has 1 aliphatic heterocycles. The molecule has 0 spiro atoms. The fourth-order valence-electron chi connectivity index (χ4n) is 2.87. The molecule has 0 saturated heterocycles. The Bertz CT molecular complexity index is 348. The van der Waals surface area contributed by atoms with Gasteiger partial charge in [0.1, 0.15) is 0 Å². The van der Waals surface area contributed by atoms with E-state index in [0.717, 1.165) is 5.92 Å². The normalized spacial score (nSPS) is 20.1. The Balaban J connectivity index is 1.99.